The number of rotatable bonds is 11. The van der Waals surface area contributed by atoms with Gasteiger partial charge in [-0.2, -0.15) is 0 Å². The quantitative estimate of drug-likeness (QED) is 0.294. The van der Waals surface area contributed by atoms with Crippen molar-refractivity contribution in [2.24, 2.45) is 11.8 Å². The smallest absolute Gasteiger partial charge is 0.0146 e. The Morgan fingerprint density at radius 3 is 1.68 bits per heavy atom. The van der Waals surface area contributed by atoms with Gasteiger partial charge in [0.25, 0.3) is 0 Å². The first-order valence-electron chi connectivity index (χ1n) is 15.0. The van der Waals surface area contributed by atoms with Gasteiger partial charge in [0, 0.05) is 0 Å². The summed E-state index contributed by atoms with van der Waals surface area (Å²) in [5, 5.41) is 0. The first-order valence-corrected chi connectivity index (χ1v) is 15.0. The minimum absolute atomic E-state index is 0.760. The lowest BCUT2D eigenvalue weighted by atomic mass is 9.70. The van der Waals surface area contributed by atoms with Gasteiger partial charge in [0.15, 0.2) is 0 Å². The molecule has 0 bridgehead atoms. The van der Waals surface area contributed by atoms with E-state index < -0.39 is 0 Å². The molecule has 2 saturated carbocycles. The average Bonchev–Trinajstić information content (AvgIpc) is 2.90. The van der Waals surface area contributed by atoms with Crippen LogP contribution in [0.15, 0.2) is 48.5 Å². The molecule has 0 amide bonds. The van der Waals surface area contributed by atoms with E-state index in [1.54, 1.807) is 11.1 Å². The second-order valence-electron chi connectivity index (χ2n) is 11.6. The summed E-state index contributed by atoms with van der Waals surface area (Å²) >= 11 is 0. The number of hydrogen-bond acceptors (Lipinski definition) is 0. The monoisotopic (exact) mass is 458 g/mol. The van der Waals surface area contributed by atoms with Gasteiger partial charge in [0.1, 0.15) is 0 Å². The Kier molecular flexibility index (Phi) is 10.1. The topological polar surface area (TPSA) is 0 Å². The Hall–Kier alpha value is -1.56. The zero-order valence-corrected chi connectivity index (χ0v) is 22.2. The van der Waals surface area contributed by atoms with Gasteiger partial charge in [-0.1, -0.05) is 114 Å². The van der Waals surface area contributed by atoms with Crippen LogP contribution < -0.4 is 0 Å². The Morgan fingerprint density at radius 2 is 1.12 bits per heavy atom. The minimum atomic E-state index is 0.760. The fourth-order valence-electron chi connectivity index (χ4n) is 7.13. The van der Waals surface area contributed by atoms with Gasteiger partial charge in [-0.15, -0.1) is 0 Å². The highest BCUT2D eigenvalue weighted by Crippen LogP contribution is 2.47. The maximum atomic E-state index is 2.52. The molecule has 0 heteroatoms. The third-order valence-corrected chi connectivity index (χ3v) is 9.20. The summed E-state index contributed by atoms with van der Waals surface area (Å²) in [5.41, 5.74) is 6.44. The molecule has 2 fully saturated rings. The predicted molar refractivity (Wildman–Crippen MR) is 150 cm³/mol. The van der Waals surface area contributed by atoms with E-state index in [9.17, 15) is 0 Å². The second-order valence-corrected chi connectivity index (χ2v) is 11.6. The molecule has 0 heterocycles. The van der Waals surface area contributed by atoms with E-state index in [2.05, 4.69) is 62.4 Å². The van der Waals surface area contributed by atoms with E-state index in [4.69, 9.17) is 0 Å². The van der Waals surface area contributed by atoms with Crippen molar-refractivity contribution in [2.45, 2.75) is 128 Å². The summed E-state index contributed by atoms with van der Waals surface area (Å²) < 4.78 is 0. The average molecular weight is 459 g/mol. The summed E-state index contributed by atoms with van der Waals surface area (Å²) in [7, 11) is 0. The Morgan fingerprint density at radius 1 is 0.559 bits per heavy atom. The zero-order chi connectivity index (χ0) is 23.6. The summed E-state index contributed by atoms with van der Waals surface area (Å²) in [6, 6.07) is 18.6. The Balaban J connectivity index is 1.51. The summed E-state index contributed by atoms with van der Waals surface area (Å²) in [4.78, 5) is 0. The van der Waals surface area contributed by atoms with Crippen molar-refractivity contribution in [3.63, 3.8) is 0 Å². The van der Waals surface area contributed by atoms with Crippen LogP contribution in [0.5, 0.6) is 0 Å². The number of unbranched alkanes of at least 4 members (excludes halogenated alkanes) is 4. The van der Waals surface area contributed by atoms with Crippen molar-refractivity contribution in [3.8, 4) is 11.1 Å². The highest BCUT2D eigenvalue weighted by Gasteiger charge is 2.30. The highest BCUT2D eigenvalue weighted by molar-refractivity contribution is 5.70. The molecule has 186 valence electrons. The Bertz CT molecular complexity index is 818. The predicted octanol–water partition coefficient (Wildman–Crippen LogP) is 11.1. The molecule has 0 radical (unpaired) electrons. The lowest BCUT2D eigenvalue weighted by molar-refractivity contribution is 0.291. The van der Waals surface area contributed by atoms with Crippen LogP contribution in [0.25, 0.3) is 11.1 Å². The molecule has 0 aliphatic heterocycles. The van der Waals surface area contributed by atoms with Gasteiger partial charge in [0.2, 0.25) is 0 Å². The third-order valence-electron chi connectivity index (χ3n) is 9.20. The maximum absolute atomic E-state index is 2.52. The highest BCUT2D eigenvalue weighted by atomic mass is 14.3. The van der Waals surface area contributed by atoms with E-state index >= 15 is 0 Å². The molecule has 0 atom stereocenters. The summed E-state index contributed by atoms with van der Waals surface area (Å²) in [5.74, 6) is 3.51. The SMILES string of the molecule is CCCCCC1CCC(c2cccc(-c3ccccc3)c2C2CCC(CCCCC)CC2)CC1. The fraction of sp³-hybridized carbons (Fsp3) is 0.647. The molecule has 0 nitrogen and oxygen atoms in total. The van der Waals surface area contributed by atoms with E-state index in [0.717, 1.165) is 23.7 Å². The van der Waals surface area contributed by atoms with Crippen LogP contribution in [-0.2, 0) is 0 Å². The molecule has 0 aromatic heterocycles. The molecule has 2 aromatic rings. The molecular formula is C34H50. The lowest BCUT2D eigenvalue weighted by Gasteiger charge is -2.35. The second kappa shape index (κ2) is 13.5. The van der Waals surface area contributed by atoms with Crippen LogP contribution in [0, 0.1) is 11.8 Å². The fourth-order valence-corrected chi connectivity index (χ4v) is 7.13. The van der Waals surface area contributed by atoms with Crippen molar-refractivity contribution in [2.75, 3.05) is 0 Å². The van der Waals surface area contributed by atoms with Crippen molar-refractivity contribution in [3.05, 3.63) is 59.7 Å². The Labute approximate surface area is 211 Å². The van der Waals surface area contributed by atoms with Gasteiger partial charge in [-0.3, -0.25) is 0 Å². The van der Waals surface area contributed by atoms with E-state index in [0.29, 0.717) is 0 Å². The normalized spacial score (nSPS) is 25.4. The van der Waals surface area contributed by atoms with Gasteiger partial charge >= 0.3 is 0 Å². The van der Waals surface area contributed by atoms with Gasteiger partial charge in [-0.05, 0) is 97.3 Å². The standard InChI is InChI=1S/C34H50/c1-3-5-8-13-27-19-23-30(24-20-27)33-18-12-17-32(29-15-10-7-11-16-29)34(33)31-25-21-28(22-26-31)14-9-6-4-2/h7,10-12,15-18,27-28,30-31H,3-6,8-9,13-14,19-26H2,1-2H3. The molecule has 34 heavy (non-hydrogen) atoms. The van der Waals surface area contributed by atoms with E-state index in [1.807, 2.05) is 0 Å². The van der Waals surface area contributed by atoms with Crippen LogP contribution in [-0.4, -0.2) is 0 Å². The van der Waals surface area contributed by atoms with Gasteiger partial charge in [-0.25, -0.2) is 0 Å². The van der Waals surface area contributed by atoms with Crippen molar-refractivity contribution < 1.29 is 0 Å². The van der Waals surface area contributed by atoms with Crippen LogP contribution >= 0.6 is 0 Å². The maximum Gasteiger partial charge on any atom is -0.0146 e. The molecule has 0 spiro atoms. The minimum Gasteiger partial charge on any atom is -0.0654 e. The molecular weight excluding hydrogens is 408 g/mol. The summed E-state index contributed by atoms with van der Waals surface area (Å²) in [6.07, 6.45) is 22.8. The molecule has 2 aromatic carbocycles. The van der Waals surface area contributed by atoms with E-state index in [-0.39, 0.29) is 0 Å². The molecule has 0 N–H and O–H groups in total. The van der Waals surface area contributed by atoms with Crippen molar-refractivity contribution >= 4 is 0 Å². The van der Waals surface area contributed by atoms with Crippen molar-refractivity contribution in [1.29, 1.82) is 0 Å². The third kappa shape index (κ3) is 6.77. The molecule has 0 saturated heterocycles. The molecule has 2 aliphatic rings. The lowest BCUT2D eigenvalue weighted by Crippen LogP contribution is -2.19. The first kappa shape index (κ1) is 25.5. The summed E-state index contributed by atoms with van der Waals surface area (Å²) in [6.45, 7) is 4.66. The molecule has 4 rings (SSSR count). The van der Waals surface area contributed by atoms with Gasteiger partial charge in [0.05, 0.1) is 0 Å². The largest absolute Gasteiger partial charge is 0.0654 e. The number of benzene rings is 2. The molecule has 0 unspecified atom stereocenters. The van der Waals surface area contributed by atoms with Crippen LogP contribution in [0.1, 0.15) is 140 Å². The van der Waals surface area contributed by atoms with Crippen molar-refractivity contribution in [1.82, 2.24) is 0 Å². The number of hydrogen-bond donors (Lipinski definition) is 0. The van der Waals surface area contributed by atoms with Crippen LogP contribution in [0.3, 0.4) is 0 Å². The van der Waals surface area contributed by atoms with E-state index in [1.165, 1.54) is 114 Å². The van der Waals surface area contributed by atoms with Crippen LogP contribution in [0.4, 0.5) is 0 Å². The first-order chi connectivity index (χ1) is 16.8. The zero-order valence-electron chi connectivity index (χ0n) is 22.2. The van der Waals surface area contributed by atoms with Gasteiger partial charge < -0.3 is 0 Å². The molecule has 2 aliphatic carbocycles. The van der Waals surface area contributed by atoms with Crippen LogP contribution in [0.2, 0.25) is 0 Å².